The Hall–Kier alpha value is -1.12. The molecule has 0 aliphatic heterocycles. The molecule has 0 aliphatic rings. The summed E-state index contributed by atoms with van der Waals surface area (Å²) in [6.45, 7) is 1.83. The van der Waals surface area contributed by atoms with Gasteiger partial charge in [0.15, 0.2) is 0 Å². The number of methoxy groups -OCH3 is 1. The minimum Gasteiger partial charge on any atom is -0.496 e. The van der Waals surface area contributed by atoms with Gasteiger partial charge in [0.25, 0.3) is 11.7 Å². The second kappa shape index (κ2) is 8.12. The molecule has 1 amide bonds. The van der Waals surface area contributed by atoms with E-state index in [-0.39, 0.29) is 11.9 Å². The molecule has 124 valence electrons. The van der Waals surface area contributed by atoms with Crippen LogP contribution in [0.25, 0.3) is 0 Å². The summed E-state index contributed by atoms with van der Waals surface area (Å²) in [5.74, 6) is -2.21. The average Bonchev–Trinajstić information content (AvgIpc) is 2.94. The Morgan fingerprint density at radius 3 is 2.74 bits per heavy atom. The van der Waals surface area contributed by atoms with Crippen LogP contribution in [0.3, 0.4) is 0 Å². The van der Waals surface area contributed by atoms with Crippen molar-refractivity contribution in [3.8, 4) is 5.75 Å². The van der Waals surface area contributed by atoms with Crippen molar-refractivity contribution >= 4 is 44.9 Å². The van der Waals surface area contributed by atoms with Gasteiger partial charge in [-0.25, -0.2) is 0 Å². The first-order valence-electron chi connectivity index (χ1n) is 6.59. The number of ether oxygens (including phenoxy) is 1. The standard InChI is InChI=1S/C15H14BrF2NO2S2/c1-8(9-3-4-11(21-2)10(16)7-9)19-14(20)13-12(5-6-22-13)23-15(17)18/h3-8,15H,1-2H3,(H,19,20). The van der Waals surface area contributed by atoms with Gasteiger partial charge in [-0.15, -0.1) is 11.3 Å². The maximum atomic E-state index is 12.5. The van der Waals surface area contributed by atoms with Crippen LogP contribution < -0.4 is 10.1 Å². The number of benzene rings is 1. The van der Waals surface area contributed by atoms with E-state index < -0.39 is 5.76 Å². The van der Waals surface area contributed by atoms with Crippen molar-refractivity contribution in [1.29, 1.82) is 0 Å². The van der Waals surface area contributed by atoms with Crippen molar-refractivity contribution in [3.05, 3.63) is 44.6 Å². The number of carbonyl (C=O) groups excluding carboxylic acids is 1. The van der Waals surface area contributed by atoms with E-state index in [1.807, 2.05) is 19.1 Å². The number of hydrogen-bond acceptors (Lipinski definition) is 4. The van der Waals surface area contributed by atoms with Gasteiger partial charge in [0.2, 0.25) is 0 Å². The van der Waals surface area contributed by atoms with Crippen LogP contribution >= 0.6 is 39.0 Å². The van der Waals surface area contributed by atoms with E-state index in [0.29, 0.717) is 27.3 Å². The molecule has 1 heterocycles. The van der Waals surface area contributed by atoms with Crippen LogP contribution in [-0.4, -0.2) is 18.8 Å². The molecule has 0 fully saturated rings. The lowest BCUT2D eigenvalue weighted by Crippen LogP contribution is -2.26. The fourth-order valence-electron chi connectivity index (χ4n) is 1.95. The maximum absolute atomic E-state index is 12.5. The quantitative estimate of drug-likeness (QED) is 0.640. The number of carbonyl (C=O) groups is 1. The predicted octanol–water partition coefficient (Wildman–Crippen LogP) is 5.32. The molecule has 3 nitrogen and oxygen atoms in total. The highest BCUT2D eigenvalue weighted by atomic mass is 79.9. The molecule has 0 aliphatic carbocycles. The molecule has 0 bridgehead atoms. The summed E-state index contributed by atoms with van der Waals surface area (Å²) in [6.07, 6.45) is 0. The van der Waals surface area contributed by atoms with Crippen molar-refractivity contribution in [3.63, 3.8) is 0 Å². The Balaban J connectivity index is 2.11. The summed E-state index contributed by atoms with van der Waals surface area (Å²) in [5, 5.41) is 4.46. The van der Waals surface area contributed by atoms with E-state index in [4.69, 9.17) is 4.74 Å². The summed E-state index contributed by atoms with van der Waals surface area (Å²) in [4.78, 5) is 12.9. The molecule has 8 heteroatoms. The largest absolute Gasteiger partial charge is 0.496 e. The van der Waals surface area contributed by atoms with Crippen molar-refractivity contribution < 1.29 is 18.3 Å². The van der Waals surface area contributed by atoms with Gasteiger partial charge in [0, 0.05) is 4.90 Å². The molecular formula is C15H14BrF2NO2S2. The lowest BCUT2D eigenvalue weighted by Gasteiger charge is -2.15. The smallest absolute Gasteiger partial charge is 0.288 e. The molecule has 0 radical (unpaired) electrons. The number of thioether (sulfide) groups is 1. The molecular weight excluding hydrogens is 408 g/mol. The Morgan fingerprint density at radius 2 is 2.13 bits per heavy atom. The highest BCUT2D eigenvalue weighted by molar-refractivity contribution is 9.10. The van der Waals surface area contributed by atoms with E-state index in [1.54, 1.807) is 18.6 Å². The highest BCUT2D eigenvalue weighted by Gasteiger charge is 2.19. The molecule has 23 heavy (non-hydrogen) atoms. The van der Waals surface area contributed by atoms with Gasteiger partial charge in [-0.2, -0.15) is 8.78 Å². The zero-order valence-electron chi connectivity index (χ0n) is 12.3. The van der Waals surface area contributed by atoms with Crippen LogP contribution in [0.4, 0.5) is 8.78 Å². The Kier molecular flexibility index (Phi) is 6.43. The van der Waals surface area contributed by atoms with E-state index in [9.17, 15) is 13.6 Å². The maximum Gasteiger partial charge on any atom is 0.288 e. The molecule has 0 saturated heterocycles. The SMILES string of the molecule is COc1ccc(C(C)NC(=O)c2sccc2SC(F)F)cc1Br. The first-order valence-corrected chi connectivity index (χ1v) is 9.14. The van der Waals surface area contributed by atoms with Gasteiger partial charge in [0.1, 0.15) is 10.6 Å². The first kappa shape index (κ1) is 18.2. The molecule has 1 N–H and O–H groups in total. The fraction of sp³-hybridized carbons (Fsp3) is 0.267. The third-order valence-corrected chi connectivity index (χ3v) is 5.51. The Morgan fingerprint density at radius 1 is 1.39 bits per heavy atom. The number of alkyl halides is 2. The minimum atomic E-state index is -2.55. The fourth-order valence-corrected chi connectivity index (χ4v) is 4.11. The van der Waals surface area contributed by atoms with Gasteiger partial charge >= 0.3 is 0 Å². The molecule has 2 aromatic rings. The third kappa shape index (κ3) is 4.68. The number of amides is 1. The monoisotopic (exact) mass is 421 g/mol. The van der Waals surface area contributed by atoms with E-state index in [2.05, 4.69) is 21.2 Å². The lowest BCUT2D eigenvalue weighted by atomic mass is 10.1. The molecule has 1 aromatic heterocycles. The predicted molar refractivity (Wildman–Crippen MR) is 92.8 cm³/mol. The second-order valence-electron chi connectivity index (χ2n) is 4.58. The summed E-state index contributed by atoms with van der Waals surface area (Å²) >= 11 is 4.93. The first-order chi connectivity index (χ1) is 10.9. The average molecular weight is 422 g/mol. The third-order valence-electron chi connectivity index (χ3n) is 3.07. The Labute approximate surface area is 149 Å². The van der Waals surface area contributed by atoms with E-state index in [0.717, 1.165) is 21.4 Å². The molecule has 0 saturated carbocycles. The van der Waals surface area contributed by atoms with Crippen LogP contribution in [0.2, 0.25) is 0 Å². The van der Waals surface area contributed by atoms with Gasteiger partial charge < -0.3 is 10.1 Å². The second-order valence-corrected chi connectivity index (χ2v) is 7.38. The number of rotatable bonds is 6. The zero-order valence-corrected chi connectivity index (χ0v) is 15.5. The normalized spacial score (nSPS) is 12.3. The lowest BCUT2D eigenvalue weighted by molar-refractivity contribution is 0.0941. The van der Waals surface area contributed by atoms with Crippen LogP contribution in [0.1, 0.15) is 28.2 Å². The van der Waals surface area contributed by atoms with Crippen LogP contribution in [0.5, 0.6) is 5.75 Å². The summed E-state index contributed by atoms with van der Waals surface area (Å²) in [5.41, 5.74) is 0.880. The van der Waals surface area contributed by atoms with Crippen LogP contribution in [0, 0.1) is 0 Å². The van der Waals surface area contributed by atoms with Crippen molar-refractivity contribution in [1.82, 2.24) is 5.32 Å². The van der Waals surface area contributed by atoms with Crippen LogP contribution in [0.15, 0.2) is 39.0 Å². The molecule has 0 spiro atoms. The van der Waals surface area contributed by atoms with Gasteiger partial charge in [0.05, 0.1) is 17.6 Å². The zero-order chi connectivity index (χ0) is 17.0. The van der Waals surface area contributed by atoms with Gasteiger partial charge in [-0.3, -0.25) is 4.79 Å². The number of nitrogens with one attached hydrogen (secondary N) is 1. The van der Waals surface area contributed by atoms with Gasteiger partial charge in [-0.05, 0) is 52.0 Å². The highest BCUT2D eigenvalue weighted by Crippen LogP contribution is 2.33. The summed E-state index contributed by atoms with van der Waals surface area (Å²) in [6, 6.07) is 6.76. The van der Waals surface area contributed by atoms with E-state index >= 15 is 0 Å². The minimum absolute atomic E-state index is 0.267. The Bertz CT molecular complexity index is 694. The van der Waals surface area contributed by atoms with E-state index in [1.165, 1.54) is 6.07 Å². The topological polar surface area (TPSA) is 38.3 Å². The van der Waals surface area contributed by atoms with Crippen molar-refractivity contribution in [2.45, 2.75) is 23.6 Å². The van der Waals surface area contributed by atoms with Gasteiger partial charge in [-0.1, -0.05) is 17.8 Å². The molecule has 2 rings (SSSR count). The number of hydrogen-bond donors (Lipinski definition) is 1. The van der Waals surface area contributed by atoms with Crippen LogP contribution in [-0.2, 0) is 0 Å². The molecule has 1 unspecified atom stereocenters. The number of thiophene rings is 1. The summed E-state index contributed by atoms with van der Waals surface area (Å²) in [7, 11) is 1.57. The van der Waals surface area contributed by atoms with Crippen molar-refractivity contribution in [2.75, 3.05) is 7.11 Å². The van der Waals surface area contributed by atoms with Crippen molar-refractivity contribution in [2.24, 2.45) is 0 Å². The molecule has 1 aromatic carbocycles. The molecule has 1 atom stereocenters. The summed E-state index contributed by atoms with van der Waals surface area (Å²) < 4.78 is 31.0. The number of halogens is 3.